The number of anilines is 2. The maximum atomic E-state index is 12.5. The first kappa shape index (κ1) is 20.0. The van der Waals surface area contributed by atoms with E-state index in [0.29, 0.717) is 36.9 Å². The number of benzene rings is 2. The van der Waals surface area contributed by atoms with Crippen LogP contribution in [0.3, 0.4) is 0 Å². The molecule has 1 aliphatic heterocycles. The third-order valence-corrected chi connectivity index (χ3v) is 5.37. The molecule has 0 aliphatic carbocycles. The summed E-state index contributed by atoms with van der Waals surface area (Å²) < 4.78 is 5.40. The van der Waals surface area contributed by atoms with Crippen molar-refractivity contribution in [3.8, 4) is 17.0 Å². The van der Waals surface area contributed by atoms with E-state index in [1.54, 1.807) is 24.1 Å². The number of aromatic nitrogens is 2. The van der Waals surface area contributed by atoms with Crippen LogP contribution >= 0.6 is 11.6 Å². The Balaban J connectivity index is 1.37. The van der Waals surface area contributed by atoms with Gasteiger partial charge in [0.25, 0.3) is 0 Å². The van der Waals surface area contributed by atoms with Crippen molar-refractivity contribution in [2.75, 3.05) is 43.5 Å². The van der Waals surface area contributed by atoms with E-state index >= 15 is 0 Å². The first-order chi connectivity index (χ1) is 14.7. The van der Waals surface area contributed by atoms with Gasteiger partial charge in [-0.25, -0.2) is 4.79 Å². The highest BCUT2D eigenvalue weighted by Gasteiger charge is 2.22. The van der Waals surface area contributed by atoms with E-state index in [1.165, 1.54) is 0 Å². The zero-order valence-corrected chi connectivity index (χ0v) is 17.3. The lowest BCUT2D eigenvalue weighted by Gasteiger charge is -2.35. The molecule has 8 heteroatoms. The van der Waals surface area contributed by atoms with Crippen LogP contribution in [-0.2, 0) is 0 Å². The number of carbonyl (C=O) groups is 1. The van der Waals surface area contributed by atoms with E-state index in [1.807, 2.05) is 48.5 Å². The number of amides is 2. The molecule has 2 heterocycles. The first-order valence-corrected chi connectivity index (χ1v) is 10.1. The Morgan fingerprint density at radius 3 is 2.40 bits per heavy atom. The Labute approximate surface area is 180 Å². The van der Waals surface area contributed by atoms with Gasteiger partial charge in [0.2, 0.25) is 0 Å². The quantitative estimate of drug-likeness (QED) is 0.682. The Morgan fingerprint density at radius 2 is 1.70 bits per heavy atom. The van der Waals surface area contributed by atoms with Gasteiger partial charge in [-0.3, -0.25) is 0 Å². The number of nitrogens with one attached hydrogen (secondary N) is 1. The zero-order chi connectivity index (χ0) is 20.9. The Kier molecular flexibility index (Phi) is 5.99. The summed E-state index contributed by atoms with van der Waals surface area (Å²) in [4.78, 5) is 16.4. The fourth-order valence-electron chi connectivity index (χ4n) is 3.39. The van der Waals surface area contributed by atoms with Crippen LogP contribution in [0.15, 0.2) is 60.7 Å². The summed E-state index contributed by atoms with van der Waals surface area (Å²) in [5, 5.41) is 12.2. The standard InChI is InChI=1S/C22H22ClN5O2/c1-30-20-9-5-2-6-16(20)18-10-11-21(26-25-18)27-12-14-28(15-13-27)22(29)24-19-8-4-3-7-17(19)23/h2-11H,12-15H2,1H3,(H,24,29). The number of rotatable bonds is 4. The van der Waals surface area contributed by atoms with Crippen LogP contribution in [0.1, 0.15) is 0 Å². The molecule has 1 fully saturated rings. The van der Waals surface area contributed by atoms with Crippen molar-refractivity contribution in [2.45, 2.75) is 0 Å². The molecule has 1 aliphatic rings. The third-order valence-electron chi connectivity index (χ3n) is 5.04. The van der Waals surface area contributed by atoms with Gasteiger partial charge in [-0.05, 0) is 36.4 Å². The lowest BCUT2D eigenvalue weighted by molar-refractivity contribution is 0.208. The molecule has 0 unspecified atom stereocenters. The maximum Gasteiger partial charge on any atom is 0.322 e. The van der Waals surface area contributed by atoms with Crippen LogP contribution in [0.5, 0.6) is 5.75 Å². The van der Waals surface area contributed by atoms with Crippen molar-refractivity contribution in [1.82, 2.24) is 15.1 Å². The van der Waals surface area contributed by atoms with Crippen LogP contribution in [-0.4, -0.2) is 54.4 Å². The van der Waals surface area contributed by atoms with Crippen molar-refractivity contribution in [1.29, 1.82) is 0 Å². The largest absolute Gasteiger partial charge is 0.496 e. The first-order valence-electron chi connectivity index (χ1n) is 9.68. The smallest absolute Gasteiger partial charge is 0.322 e. The van der Waals surface area contributed by atoms with Gasteiger partial charge >= 0.3 is 6.03 Å². The molecule has 1 aromatic heterocycles. The second-order valence-corrected chi connectivity index (χ2v) is 7.27. The minimum atomic E-state index is -0.152. The fraction of sp³-hybridized carbons (Fsp3) is 0.227. The molecule has 4 rings (SSSR count). The van der Waals surface area contributed by atoms with E-state index in [4.69, 9.17) is 16.3 Å². The summed E-state index contributed by atoms with van der Waals surface area (Å²) in [6.07, 6.45) is 0. The number of nitrogens with zero attached hydrogens (tertiary/aromatic N) is 4. The number of methoxy groups -OCH3 is 1. The number of piperazine rings is 1. The SMILES string of the molecule is COc1ccccc1-c1ccc(N2CCN(C(=O)Nc3ccccc3Cl)CC2)nn1. The van der Waals surface area contributed by atoms with Gasteiger partial charge < -0.3 is 19.9 Å². The molecule has 154 valence electrons. The highest BCUT2D eigenvalue weighted by Crippen LogP contribution is 2.28. The lowest BCUT2D eigenvalue weighted by atomic mass is 10.1. The van der Waals surface area contributed by atoms with Crippen molar-refractivity contribution in [3.63, 3.8) is 0 Å². The minimum absolute atomic E-state index is 0.152. The molecular formula is C22H22ClN5O2. The fourth-order valence-corrected chi connectivity index (χ4v) is 3.57. The summed E-state index contributed by atoms with van der Waals surface area (Å²) in [5.74, 6) is 1.55. The Hall–Kier alpha value is -3.32. The predicted molar refractivity (Wildman–Crippen MR) is 118 cm³/mol. The third kappa shape index (κ3) is 4.31. The number of halogens is 1. The van der Waals surface area contributed by atoms with Crippen LogP contribution in [0.4, 0.5) is 16.3 Å². The van der Waals surface area contributed by atoms with Crippen molar-refractivity contribution >= 4 is 29.1 Å². The molecule has 1 N–H and O–H groups in total. The van der Waals surface area contributed by atoms with E-state index in [9.17, 15) is 4.79 Å². The van der Waals surface area contributed by atoms with Gasteiger partial charge in [0.1, 0.15) is 5.75 Å². The molecule has 0 saturated carbocycles. The molecule has 0 atom stereocenters. The number of hydrogen-bond acceptors (Lipinski definition) is 5. The molecule has 7 nitrogen and oxygen atoms in total. The van der Waals surface area contributed by atoms with Gasteiger partial charge in [0.05, 0.1) is 23.5 Å². The molecule has 30 heavy (non-hydrogen) atoms. The van der Waals surface area contributed by atoms with Crippen LogP contribution in [0.2, 0.25) is 5.02 Å². The molecule has 2 aromatic carbocycles. The Bertz CT molecular complexity index is 1020. The molecular weight excluding hydrogens is 402 g/mol. The van der Waals surface area contributed by atoms with Gasteiger partial charge in [-0.2, -0.15) is 0 Å². The average Bonchev–Trinajstić information content (AvgIpc) is 2.81. The second-order valence-electron chi connectivity index (χ2n) is 6.86. The zero-order valence-electron chi connectivity index (χ0n) is 16.6. The summed E-state index contributed by atoms with van der Waals surface area (Å²) in [6, 6.07) is 18.7. The Morgan fingerprint density at radius 1 is 0.967 bits per heavy atom. The lowest BCUT2D eigenvalue weighted by Crippen LogP contribution is -2.50. The van der Waals surface area contributed by atoms with E-state index in [2.05, 4.69) is 20.4 Å². The van der Waals surface area contributed by atoms with Crippen molar-refractivity contribution in [3.05, 3.63) is 65.7 Å². The summed E-state index contributed by atoms with van der Waals surface area (Å²) >= 11 is 6.12. The van der Waals surface area contributed by atoms with E-state index in [0.717, 1.165) is 22.8 Å². The van der Waals surface area contributed by atoms with Gasteiger partial charge in [0, 0.05) is 31.7 Å². The van der Waals surface area contributed by atoms with Crippen LogP contribution < -0.4 is 15.0 Å². The highest BCUT2D eigenvalue weighted by molar-refractivity contribution is 6.33. The normalized spacial score (nSPS) is 13.8. The van der Waals surface area contributed by atoms with Crippen molar-refractivity contribution in [2.24, 2.45) is 0 Å². The summed E-state index contributed by atoms with van der Waals surface area (Å²) in [7, 11) is 1.64. The topological polar surface area (TPSA) is 70.6 Å². The maximum absolute atomic E-state index is 12.5. The van der Waals surface area contributed by atoms with Gasteiger partial charge in [-0.15, -0.1) is 10.2 Å². The number of ether oxygens (including phenoxy) is 1. The molecule has 1 saturated heterocycles. The minimum Gasteiger partial charge on any atom is -0.496 e. The summed E-state index contributed by atoms with van der Waals surface area (Å²) in [6.45, 7) is 2.54. The van der Waals surface area contributed by atoms with Crippen LogP contribution in [0.25, 0.3) is 11.3 Å². The van der Waals surface area contributed by atoms with E-state index < -0.39 is 0 Å². The summed E-state index contributed by atoms with van der Waals surface area (Å²) in [5.41, 5.74) is 2.28. The highest BCUT2D eigenvalue weighted by atomic mass is 35.5. The number of urea groups is 1. The molecule has 0 spiro atoms. The van der Waals surface area contributed by atoms with E-state index in [-0.39, 0.29) is 6.03 Å². The van der Waals surface area contributed by atoms with Gasteiger partial charge in [0.15, 0.2) is 5.82 Å². The number of hydrogen-bond donors (Lipinski definition) is 1. The average molecular weight is 424 g/mol. The number of carbonyl (C=O) groups excluding carboxylic acids is 1. The monoisotopic (exact) mass is 423 g/mol. The molecule has 2 amide bonds. The predicted octanol–water partition coefficient (Wildman–Crippen LogP) is 4.16. The van der Waals surface area contributed by atoms with Crippen LogP contribution in [0, 0.1) is 0 Å². The second kappa shape index (κ2) is 9.00. The molecule has 0 bridgehead atoms. The van der Waals surface area contributed by atoms with Gasteiger partial charge in [-0.1, -0.05) is 35.9 Å². The molecule has 0 radical (unpaired) electrons. The molecule has 3 aromatic rings. The number of para-hydroxylation sites is 2. The van der Waals surface area contributed by atoms with Crippen molar-refractivity contribution < 1.29 is 9.53 Å².